The van der Waals surface area contributed by atoms with Gasteiger partial charge in [-0.25, -0.2) is 0 Å². The van der Waals surface area contributed by atoms with Crippen LogP contribution < -0.4 is 0 Å². The fourth-order valence-corrected chi connectivity index (χ4v) is 5.18. The van der Waals surface area contributed by atoms with Crippen LogP contribution in [0.1, 0.15) is 52.9 Å². The van der Waals surface area contributed by atoms with E-state index in [0.29, 0.717) is 0 Å². The molecule has 182 valence electrons. The first kappa shape index (κ1) is 24.4. The van der Waals surface area contributed by atoms with Gasteiger partial charge in [-0.3, -0.25) is 4.79 Å². The summed E-state index contributed by atoms with van der Waals surface area (Å²) in [6, 6.07) is 41.6. The van der Waals surface area contributed by atoms with Crippen LogP contribution in [0.4, 0.5) is 0 Å². The quantitative estimate of drug-likeness (QED) is 0.256. The lowest BCUT2D eigenvalue weighted by Gasteiger charge is -2.26. The molecule has 2 aliphatic rings. The maximum absolute atomic E-state index is 11.9. The number of ketones is 1. The highest BCUT2D eigenvalue weighted by atomic mass is 16.3. The Bertz CT molecular complexity index is 1460. The monoisotopic (exact) mass is 482 g/mol. The molecule has 0 spiro atoms. The molecule has 0 heterocycles. The van der Waals surface area contributed by atoms with Crippen LogP contribution in [0, 0.1) is 0 Å². The number of fused-ring (bicyclic) bond motifs is 6. The number of aliphatic hydroxyl groups is 1. The van der Waals surface area contributed by atoms with Crippen LogP contribution in [0.25, 0.3) is 22.3 Å². The summed E-state index contributed by atoms with van der Waals surface area (Å²) in [5, 5.41) is 11.5. The second-order valence-electron chi connectivity index (χ2n) is 9.30. The largest absolute Gasteiger partial charge is 0.376 e. The van der Waals surface area contributed by atoms with Crippen LogP contribution >= 0.6 is 0 Å². The highest BCUT2D eigenvalue weighted by molar-refractivity contribution is 6.21. The lowest BCUT2D eigenvalue weighted by molar-refractivity contribution is 0.104. The van der Waals surface area contributed by atoms with E-state index in [0.717, 1.165) is 50.1 Å². The maximum Gasteiger partial charge on any atom is 0.194 e. The van der Waals surface area contributed by atoms with E-state index in [-0.39, 0.29) is 5.78 Å². The molecule has 0 saturated carbocycles. The van der Waals surface area contributed by atoms with Gasteiger partial charge in [0, 0.05) is 22.3 Å². The average molecular weight is 483 g/mol. The van der Waals surface area contributed by atoms with E-state index >= 15 is 0 Å². The zero-order valence-electron chi connectivity index (χ0n) is 21.2. The number of rotatable bonds is 1. The lowest BCUT2D eigenvalue weighted by atomic mass is 9.84. The predicted octanol–water partition coefficient (Wildman–Crippen LogP) is 8.27. The Morgan fingerprint density at radius 1 is 0.486 bits per heavy atom. The van der Waals surface area contributed by atoms with Gasteiger partial charge >= 0.3 is 0 Å². The van der Waals surface area contributed by atoms with Gasteiger partial charge in [-0.15, -0.1) is 0 Å². The zero-order valence-corrected chi connectivity index (χ0v) is 21.2. The Balaban J connectivity index is 0.000000144. The molecule has 0 unspecified atom stereocenters. The first-order chi connectivity index (χ1) is 18.1. The SMILES string of the molecule is CCC.O=C1c2ccccc2-c2ccccc21.OC1(c2ccccc2)c2ccccc2-c2ccccc21. The first-order valence-electron chi connectivity index (χ1n) is 12.8. The molecule has 0 radical (unpaired) electrons. The van der Waals surface area contributed by atoms with Gasteiger partial charge in [-0.1, -0.05) is 148 Å². The fourth-order valence-electron chi connectivity index (χ4n) is 5.18. The third-order valence-corrected chi connectivity index (χ3v) is 6.75. The minimum atomic E-state index is -1.05. The molecule has 0 saturated heterocycles. The number of benzene rings is 5. The van der Waals surface area contributed by atoms with Crippen molar-refractivity contribution in [3.05, 3.63) is 155 Å². The Morgan fingerprint density at radius 3 is 1.24 bits per heavy atom. The van der Waals surface area contributed by atoms with Crippen molar-refractivity contribution in [1.29, 1.82) is 0 Å². The second kappa shape index (κ2) is 10.4. The van der Waals surface area contributed by atoms with Crippen molar-refractivity contribution in [1.82, 2.24) is 0 Å². The molecule has 1 N–H and O–H groups in total. The van der Waals surface area contributed by atoms with E-state index in [1.165, 1.54) is 6.42 Å². The minimum Gasteiger partial charge on any atom is -0.376 e. The van der Waals surface area contributed by atoms with Crippen LogP contribution in [0.5, 0.6) is 0 Å². The van der Waals surface area contributed by atoms with E-state index in [4.69, 9.17) is 0 Å². The van der Waals surface area contributed by atoms with Crippen molar-refractivity contribution in [2.75, 3.05) is 0 Å². The summed E-state index contributed by atoms with van der Waals surface area (Å²) in [7, 11) is 0. The van der Waals surface area contributed by atoms with Crippen LogP contribution in [0.15, 0.2) is 127 Å². The summed E-state index contributed by atoms with van der Waals surface area (Å²) < 4.78 is 0. The molecule has 2 nitrogen and oxygen atoms in total. The van der Waals surface area contributed by atoms with Crippen LogP contribution in [-0.4, -0.2) is 10.9 Å². The van der Waals surface area contributed by atoms with Gasteiger partial charge in [0.2, 0.25) is 0 Å². The molecule has 2 aliphatic carbocycles. The molecule has 5 aromatic carbocycles. The van der Waals surface area contributed by atoms with Crippen molar-refractivity contribution in [2.45, 2.75) is 25.9 Å². The van der Waals surface area contributed by atoms with Crippen molar-refractivity contribution in [3.63, 3.8) is 0 Å². The summed E-state index contributed by atoms with van der Waals surface area (Å²) in [4.78, 5) is 11.9. The molecule has 5 aromatic rings. The molecule has 0 atom stereocenters. The van der Waals surface area contributed by atoms with E-state index in [2.05, 4.69) is 26.0 Å². The Morgan fingerprint density at radius 2 is 0.811 bits per heavy atom. The standard InChI is InChI=1S/C19H14O.C13H8O.C3H8/c20-19(14-8-2-1-3-9-14)17-12-6-4-10-15(17)16-11-5-7-13-18(16)19;14-13-11-7-3-1-5-9(11)10-6-2-4-8-12(10)13;1-3-2/h1-13,20H;1-8H;3H2,1-2H3. The van der Waals surface area contributed by atoms with Gasteiger partial charge in [-0.05, 0) is 27.8 Å². The van der Waals surface area contributed by atoms with Crippen LogP contribution in [0.3, 0.4) is 0 Å². The van der Waals surface area contributed by atoms with Crippen molar-refractivity contribution in [3.8, 4) is 22.3 Å². The zero-order chi connectivity index (χ0) is 25.8. The van der Waals surface area contributed by atoms with Gasteiger partial charge in [0.1, 0.15) is 5.60 Å². The molecule has 0 aliphatic heterocycles. The van der Waals surface area contributed by atoms with Crippen molar-refractivity contribution >= 4 is 5.78 Å². The van der Waals surface area contributed by atoms with Crippen molar-refractivity contribution in [2.24, 2.45) is 0 Å². The molecule has 2 heteroatoms. The normalized spacial score (nSPS) is 13.1. The maximum atomic E-state index is 11.9. The average Bonchev–Trinajstić information content (AvgIpc) is 3.40. The van der Waals surface area contributed by atoms with Crippen molar-refractivity contribution < 1.29 is 9.90 Å². The summed E-state index contributed by atoms with van der Waals surface area (Å²) >= 11 is 0. The smallest absolute Gasteiger partial charge is 0.194 e. The molecule has 0 aromatic heterocycles. The van der Waals surface area contributed by atoms with E-state index in [9.17, 15) is 9.90 Å². The molecular formula is C35H30O2. The summed E-state index contributed by atoms with van der Waals surface area (Å²) in [5.74, 6) is 0.149. The Kier molecular flexibility index (Phi) is 6.85. The van der Waals surface area contributed by atoms with Gasteiger partial charge in [0.05, 0.1) is 0 Å². The van der Waals surface area contributed by atoms with Gasteiger partial charge in [0.25, 0.3) is 0 Å². The van der Waals surface area contributed by atoms with E-state index < -0.39 is 5.60 Å². The highest BCUT2D eigenvalue weighted by Crippen LogP contribution is 2.50. The number of hydrogen-bond donors (Lipinski definition) is 1. The summed E-state index contributed by atoms with van der Waals surface area (Å²) in [6.07, 6.45) is 1.25. The fraction of sp³-hybridized carbons (Fsp3) is 0.114. The lowest BCUT2D eigenvalue weighted by Crippen LogP contribution is -2.25. The van der Waals surface area contributed by atoms with Gasteiger partial charge in [0.15, 0.2) is 5.78 Å². The second-order valence-corrected chi connectivity index (χ2v) is 9.30. The van der Waals surface area contributed by atoms with Gasteiger partial charge < -0.3 is 5.11 Å². The molecule has 7 rings (SSSR count). The Hall–Kier alpha value is -4.27. The molecule has 37 heavy (non-hydrogen) atoms. The van der Waals surface area contributed by atoms with Crippen LogP contribution in [-0.2, 0) is 5.60 Å². The van der Waals surface area contributed by atoms with Gasteiger partial charge in [-0.2, -0.15) is 0 Å². The topological polar surface area (TPSA) is 37.3 Å². The molecule has 0 amide bonds. The molecule has 0 fully saturated rings. The molecular weight excluding hydrogens is 452 g/mol. The first-order valence-corrected chi connectivity index (χ1v) is 12.8. The summed E-state index contributed by atoms with van der Waals surface area (Å²) in [5.41, 5.74) is 7.82. The molecule has 0 bridgehead atoms. The summed E-state index contributed by atoms with van der Waals surface area (Å²) in [6.45, 7) is 4.25. The number of carbonyl (C=O) groups is 1. The number of carbonyl (C=O) groups excluding carboxylic acids is 1. The third kappa shape index (κ3) is 4.20. The highest BCUT2D eigenvalue weighted by Gasteiger charge is 2.42. The minimum absolute atomic E-state index is 0.149. The van der Waals surface area contributed by atoms with Crippen LogP contribution in [0.2, 0.25) is 0 Å². The van der Waals surface area contributed by atoms with E-state index in [1.807, 2.05) is 115 Å². The van der Waals surface area contributed by atoms with E-state index in [1.54, 1.807) is 0 Å². The third-order valence-electron chi connectivity index (χ3n) is 6.75. The predicted molar refractivity (Wildman–Crippen MR) is 152 cm³/mol. The number of hydrogen-bond acceptors (Lipinski definition) is 2. The Labute approximate surface area is 218 Å².